The molecule has 0 rings (SSSR count). The molecule has 1 unspecified atom stereocenters. The van der Waals surface area contributed by atoms with Crippen LogP contribution in [0.1, 0.15) is 33.1 Å². The van der Waals surface area contributed by atoms with Gasteiger partial charge in [0, 0.05) is 6.61 Å². The minimum absolute atomic E-state index is 0.212. The van der Waals surface area contributed by atoms with Crippen LogP contribution in [0.2, 0.25) is 0 Å². The van der Waals surface area contributed by atoms with E-state index < -0.39 is 0 Å². The Morgan fingerprint density at radius 2 is 2.21 bits per heavy atom. The summed E-state index contributed by atoms with van der Waals surface area (Å²) in [6, 6.07) is 0. The van der Waals surface area contributed by atoms with Crippen molar-refractivity contribution < 1.29 is 9.84 Å². The van der Waals surface area contributed by atoms with Crippen LogP contribution in [0.5, 0.6) is 0 Å². The highest BCUT2D eigenvalue weighted by molar-refractivity contribution is 4.98. The first-order chi connectivity index (χ1) is 6.70. The zero-order valence-corrected chi connectivity index (χ0v) is 9.33. The number of allylic oxidation sites excluding steroid dienone is 1. The van der Waals surface area contributed by atoms with Crippen molar-refractivity contribution in [2.24, 2.45) is 0 Å². The van der Waals surface area contributed by atoms with Crippen LogP contribution in [0.3, 0.4) is 0 Å². The number of hydrogen-bond donors (Lipinski definition) is 1. The lowest BCUT2D eigenvalue weighted by atomic mass is 10.2. The normalized spacial score (nSPS) is 14.1. The molecule has 0 saturated heterocycles. The van der Waals surface area contributed by atoms with Gasteiger partial charge in [-0.15, -0.1) is 6.58 Å². The fourth-order valence-electron chi connectivity index (χ4n) is 1.08. The third kappa shape index (κ3) is 8.02. The molecule has 2 heteroatoms. The van der Waals surface area contributed by atoms with E-state index in [9.17, 15) is 0 Å². The average molecular weight is 198 g/mol. The van der Waals surface area contributed by atoms with E-state index >= 15 is 0 Å². The van der Waals surface area contributed by atoms with Gasteiger partial charge < -0.3 is 9.84 Å². The standard InChI is InChI=1S/C12H22O2/c1-4-5-8-12(3)14-10-11(2)7-6-9-13/h4,7,12-13H,1,5-6,8-10H2,2-3H3. The summed E-state index contributed by atoms with van der Waals surface area (Å²) in [4.78, 5) is 0. The molecule has 1 N–H and O–H groups in total. The van der Waals surface area contributed by atoms with Crippen LogP contribution in [0.15, 0.2) is 24.3 Å². The van der Waals surface area contributed by atoms with E-state index in [1.807, 2.05) is 19.1 Å². The van der Waals surface area contributed by atoms with Gasteiger partial charge in [-0.25, -0.2) is 0 Å². The quantitative estimate of drug-likeness (QED) is 0.608. The van der Waals surface area contributed by atoms with Gasteiger partial charge in [-0.05, 0) is 33.1 Å². The SMILES string of the molecule is C=CCCC(C)OCC(C)=CCCO. The van der Waals surface area contributed by atoms with Gasteiger partial charge in [0.25, 0.3) is 0 Å². The zero-order valence-electron chi connectivity index (χ0n) is 9.33. The van der Waals surface area contributed by atoms with Gasteiger partial charge >= 0.3 is 0 Å². The maximum atomic E-state index is 8.61. The monoisotopic (exact) mass is 198 g/mol. The molecule has 0 saturated carbocycles. The molecule has 0 aromatic rings. The van der Waals surface area contributed by atoms with Crippen molar-refractivity contribution in [1.82, 2.24) is 0 Å². The molecule has 0 aromatic carbocycles. The third-order valence-electron chi connectivity index (χ3n) is 1.99. The lowest BCUT2D eigenvalue weighted by Crippen LogP contribution is -2.09. The van der Waals surface area contributed by atoms with Crippen molar-refractivity contribution in [1.29, 1.82) is 0 Å². The van der Waals surface area contributed by atoms with E-state index in [4.69, 9.17) is 9.84 Å². The van der Waals surface area contributed by atoms with Crippen LogP contribution < -0.4 is 0 Å². The maximum Gasteiger partial charge on any atom is 0.0677 e. The number of rotatable bonds is 8. The number of aliphatic hydroxyl groups is 1. The fourth-order valence-corrected chi connectivity index (χ4v) is 1.08. The number of ether oxygens (including phenoxy) is 1. The van der Waals surface area contributed by atoms with Crippen molar-refractivity contribution >= 4 is 0 Å². The van der Waals surface area contributed by atoms with E-state index in [1.165, 1.54) is 5.57 Å². The Balaban J connectivity index is 3.54. The summed E-state index contributed by atoms with van der Waals surface area (Å²) in [5.74, 6) is 0. The first-order valence-corrected chi connectivity index (χ1v) is 5.19. The van der Waals surface area contributed by atoms with Gasteiger partial charge in [-0.2, -0.15) is 0 Å². The number of aliphatic hydroxyl groups excluding tert-OH is 1. The van der Waals surface area contributed by atoms with E-state index in [1.54, 1.807) is 0 Å². The van der Waals surface area contributed by atoms with Crippen molar-refractivity contribution in [2.45, 2.75) is 39.2 Å². The molecule has 0 heterocycles. The Kier molecular flexibility index (Phi) is 8.59. The summed E-state index contributed by atoms with van der Waals surface area (Å²) in [7, 11) is 0. The second kappa shape index (κ2) is 8.97. The fraction of sp³-hybridized carbons (Fsp3) is 0.667. The zero-order chi connectivity index (χ0) is 10.8. The smallest absolute Gasteiger partial charge is 0.0677 e. The van der Waals surface area contributed by atoms with Crippen LogP contribution in [-0.4, -0.2) is 24.4 Å². The molecular formula is C12H22O2. The lowest BCUT2D eigenvalue weighted by molar-refractivity contribution is 0.0778. The molecule has 0 bridgehead atoms. The molecular weight excluding hydrogens is 176 g/mol. The Hall–Kier alpha value is -0.600. The minimum Gasteiger partial charge on any atom is -0.396 e. The van der Waals surface area contributed by atoms with E-state index in [-0.39, 0.29) is 12.7 Å². The number of hydrogen-bond acceptors (Lipinski definition) is 2. The average Bonchev–Trinajstić information content (AvgIpc) is 2.20. The summed E-state index contributed by atoms with van der Waals surface area (Å²) >= 11 is 0. The lowest BCUT2D eigenvalue weighted by Gasteiger charge is -2.12. The molecule has 0 radical (unpaired) electrons. The van der Waals surface area contributed by atoms with Crippen LogP contribution in [0.25, 0.3) is 0 Å². The highest BCUT2D eigenvalue weighted by Crippen LogP contribution is 2.05. The predicted octanol–water partition coefficient (Wildman–Crippen LogP) is 2.69. The molecule has 0 spiro atoms. The van der Waals surface area contributed by atoms with Gasteiger partial charge in [0.05, 0.1) is 12.7 Å². The summed E-state index contributed by atoms with van der Waals surface area (Å²) < 4.78 is 5.61. The highest BCUT2D eigenvalue weighted by atomic mass is 16.5. The molecule has 2 nitrogen and oxygen atoms in total. The largest absolute Gasteiger partial charge is 0.396 e. The predicted molar refractivity (Wildman–Crippen MR) is 60.3 cm³/mol. The topological polar surface area (TPSA) is 29.5 Å². The third-order valence-corrected chi connectivity index (χ3v) is 1.99. The Labute approximate surface area is 87.3 Å². The van der Waals surface area contributed by atoms with Gasteiger partial charge in [0.1, 0.15) is 0 Å². The van der Waals surface area contributed by atoms with Crippen molar-refractivity contribution in [3.05, 3.63) is 24.3 Å². The minimum atomic E-state index is 0.212. The van der Waals surface area contributed by atoms with E-state index in [0.29, 0.717) is 6.61 Å². The van der Waals surface area contributed by atoms with Crippen LogP contribution in [0, 0.1) is 0 Å². The molecule has 0 aliphatic heterocycles. The summed E-state index contributed by atoms with van der Waals surface area (Å²) in [5, 5.41) is 8.61. The second-order valence-electron chi connectivity index (χ2n) is 3.55. The van der Waals surface area contributed by atoms with Gasteiger partial charge in [0.15, 0.2) is 0 Å². The van der Waals surface area contributed by atoms with Crippen molar-refractivity contribution in [2.75, 3.05) is 13.2 Å². The Morgan fingerprint density at radius 3 is 2.79 bits per heavy atom. The van der Waals surface area contributed by atoms with Crippen LogP contribution >= 0.6 is 0 Å². The van der Waals surface area contributed by atoms with E-state index in [2.05, 4.69) is 13.5 Å². The second-order valence-corrected chi connectivity index (χ2v) is 3.55. The molecule has 1 atom stereocenters. The maximum absolute atomic E-state index is 8.61. The molecule has 0 aliphatic carbocycles. The highest BCUT2D eigenvalue weighted by Gasteiger charge is 2.00. The molecule has 0 aromatic heterocycles. The van der Waals surface area contributed by atoms with Gasteiger partial charge in [-0.1, -0.05) is 17.7 Å². The summed E-state index contributed by atoms with van der Waals surface area (Å²) in [5.41, 5.74) is 1.18. The molecule has 0 fully saturated rings. The summed E-state index contributed by atoms with van der Waals surface area (Å²) in [6.07, 6.45) is 6.95. The molecule has 14 heavy (non-hydrogen) atoms. The van der Waals surface area contributed by atoms with Crippen molar-refractivity contribution in [3.63, 3.8) is 0 Å². The molecule has 0 amide bonds. The molecule has 82 valence electrons. The first-order valence-electron chi connectivity index (χ1n) is 5.19. The van der Waals surface area contributed by atoms with Crippen LogP contribution in [0.4, 0.5) is 0 Å². The Bertz CT molecular complexity index is 173. The van der Waals surface area contributed by atoms with Crippen molar-refractivity contribution in [3.8, 4) is 0 Å². The van der Waals surface area contributed by atoms with Crippen LogP contribution in [-0.2, 0) is 4.74 Å². The van der Waals surface area contributed by atoms with E-state index in [0.717, 1.165) is 19.3 Å². The van der Waals surface area contributed by atoms with Gasteiger partial charge in [0.2, 0.25) is 0 Å². The van der Waals surface area contributed by atoms with Gasteiger partial charge in [-0.3, -0.25) is 0 Å². The molecule has 0 aliphatic rings. The summed E-state index contributed by atoms with van der Waals surface area (Å²) in [6.45, 7) is 8.65. The Morgan fingerprint density at radius 1 is 1.50 bits per heavy atom. The first kappa shape index (κ1) is 13.4.